The Morgan fingerprint density at radius 2 is 1.74 bits per heavy atom. The van der Waals surface area contributed by atoms with Crippen LogP contribution in [0.2, 0.25) is 5.02 Å². The van der Waals surface area contributed by atoms with Gasteiger partial charge in [0, 0.05) is 16.3 Å². The molecule has 0 aliphatic heterocycles. The van der Waals surface area contributed by atoms with E-state index in [-0.39, 0.29) is 0 Å². The van der Waals surface area contributed by atoms with Crippen molar-refractivity contribution in [1.82, 2.24) is 15.2 Å². The van der Waals surface area contributed by atoms with Crippen LogP contribution in [0.3, 0.4) is 0 Å². The van der Waals surface area contributed by atoms with Crippen LogP contribution in [0, 0.1) is 0 Å². The Balaban J connectivity index is 1.82. The average molecular weight is 331 g/mol. The van der Waals surface area contributed by atoms with E-state index in [1.807, 2.05) is 30.3 Å². The monoisotopic (exact) mass is 330 g/mol. The Hall–Kier alpha value is -2.73. The van der Waals surface area contributed by atoms with E-state index in [2.05, 4.69) is 20.5 Å². The molecule has 0 aliphatic rings. The number of halogens is 1. The summed E-state index contributed by atoms with van der Waals surface area (Å²) in [7, 11) is 3.19. The van der Waals surface area contributed by atoms with Crippen LogP contribution in [0.5, 0.6) is 11.5 Å². The molecule has 2 N–H and O–H groups in total. The smallest absolute Gasteiger partial charge is 0.246 e. The second-order valence-corrected chi connectivity index (χ2v) is 5.15. The van der Waals surface area contributed by atoms with Crippen LogP contribution in [0.1, 0.15) is 0 Å². The first-order chi connectivity index (χ1) is 11.2. The Labute approximate surface area is 138 Å². The van der Waals surface area contributed by atoms with Crippen molar-refractivity contribution in [3.05, 3.63) is 47.5 Å². The molecule has 0 spiro atoms. The standard InChI is InChI=1S/C16H15ClN4O2/c1-22-13-8-3-10(9-14(13)23-2)15-19-16(21-20-15)18-12-6-4-11(17)5-7-12/h3-9H,1-2H3,(H2,18,19,20,21). The van der Waals surface area contributed by atoms with Crippen LogP contribution in [-0.4, -0.2) is 29.4 Å². The normalized spacial score (nSPS) is 10.4. The molecule has 0 aliphatic carbocycles. The Morgan fingerprint density at radius 3 is 2.43 bits per heavy atom. The minimum atomic E-state index is 0.470. The Morgan fingerprint density at radius 1 is 1.00 bits per heavy atom. The predicted molar refractivity (Wildman–Crippen MR) is 89.7 cm³/mol. The summed E-state index contributed by atoms with van der Waals surface area (Å²) < 4.78 is 10.5. The third kappa shape index (κ3) is 3.37. The van der Waals surface area contributed by atoms with Gasteiger partial charge < -0.3 is 14.8 Å². The zero-order valence-corrected chi connectivity index (χ0v) is 13.4. The molecule has 1 aromatic heterocycles. The van der Waals surface area contributed by atoms with Gasteiger partial charge in [0.05, 0.1) is 14.2 Å². The van der Waals surface area contributed by atoms with Crippen molar-refractivity contribution in [3.8, 4) is 22.9 Å². The molecule has 0 bridgehead atoms. The number of rotatable bonds is 5. The molecule has 0 saturated heterocycles. The van der Waals surface area contributed by atoms with Gasteiger partial charge in [0.15, 0.2) is 17.3 Å². The van der Waals surface area contributed by atoms with Gasteiger partial charge in [-0.1, -0.05) is 11.6 Å². The molecule has 118 valence electrons. The number of nitrogens with one attached hydrogen (secondary N) is 2. The highest BCUT2D eigenvalue weighted by atomic mass is 35.5. The molecule has 23 heavy (non-hydrogen) atoms. The number of hydrogen-bond donors (Lipinski definition) is 2. The highest BCUT2D eigenvalue weighted by molar-refractivity contribution is 6.30. The van der Waals surface area contributed by atoms with Gasteiger partial charge in [-0.3, -0.25) is 5.10 Å². The number of aromatic amines is 1. The fourth-order valence-electron chi connectivity index (χ4n) is 2.09. The first kappa shape index (κ1) is 15.2. The van der Waals surface area contributed by atoms with Crippen molar-refractivity contribution < 1.29 is 9.47 Å². The number of benzene rings is 2. The SMILES string of the molecule is COc1ccc(-c2nc(Nc3ccc(Cl)cc3)n[nH]2)cc1OC. The molecular formula is C16H15ClN4O2. The third-order valence-electron chi connectivity index (χ3n) is 3.24. The fourth-order valence-corrected chi connectivity index (χ4v) is 2.22. The zero-order chi connectivity index (χ0) is 16.2. The first-order valence-corrected chi connectivity index (χ1v) is 7.25. The van der Waals surface area contributed by atoms with Crippen molar-refractivity contribution in [3.63, 3.8) is 0 Å². The van der Waals surface area contributed by atoms with Crippen molar-refractivity contribution >= 4 is 23.2 Å². The van der Waals surface area contributed by atoms with E-state index in [1.165, 1.54) is 0 Å². The van der Waals surface area contributed by atoms with Gasteiger partial charge >= 0.3 is 0 Å². The minimum Gasteiger partial charge on any atom is -0.493 e. The maximum absolute atomic E-state index is 5.86. The highest BCUT2D eigenvalue weighted by Crippen LogP contribution is 2.31. The summed E-state index contributed by atoms with van der Waals surface area (Å²) in [6, 6.07) is 12.9. The maximum atomic E-state index is 5.86. The van der Waals surface area contributed by atoms with E-state index in [9.17, 15) is 0 Å². The average Bonchev–Trinajstić information content (AvgIpc) is 3.05. The summed E-state index contributed by atoms with van der Waals surface area (Å²) in [6.45, 7) is 0. The number of anilines is 2. The zero-order valence-electron chi connectivity index (χ0n) is 12.6. The Bertz CT molecular complexity index is 802. The molecule has 0 atom stereocenters. The quantitative estimate of drug-likeness (QED) is 0.742. The van der Waals surface area contributed by atoms with Crippen LogP contribution in [0.25, 0.3) is 11.4 Å². The fraction of sp³-hybridized carbons (Fsp3) is 0.125. The molecule has 2 aromatic carbocycles. The number of ether oxygens (including phenoxy) is 2. The molecular weight excluding hydrogens is 316 g/mol. The molecule has 7 heteroatoms. The number of nitrogens with zero attached hydrogens (tertiary/aromatic N) is 2. The van der Waals surface area contributed by atoms with Crippen LogP contribution >= 0.6 is 11.6 Å². The predicted octanol–water partition coefficient (Wildman–Crippen LogP) is 3.89. The summed E-state index contributed by atoms with van der Waals surface area (Å²) in [5.74, 6) is 2.39. The Kier molecular flexibility index (Phi) is 4.34. The lowest BCUT2D eigenvalue weighted by atomic mass is 10.2. The van der Waals surface area contributed by atoms with Gasteiger partial charge in [-0.2, -0.15) is 4.98 Å². The van der Waals surface area contributed by atoms with E-state index in [0.717, 1.165) is 11.3 Å². The lowest BCUT2D eigenvalue weighted by Gasteiger charge is -2.07. The summed E-state index contributed by atoms with van der Waals surface area (Å²) in [5.41, 5.74) is 1.70. The van der Waals surface area contributed by atoms with Gasteiger partial charge in [0.2, 0.25) is 5.95 Å². The number of H-pyrrole nitrogens is 1. The van der Waals surface area contributed by atoms with Gasteiger partial charge in [0.25, 0.3) is 0 Å². The molecule has 0 unspecified atom stereocenters. The summed E-state index contributed by atoms with van der Waals surface area (Å²) in [5, 5.41) is 10.8. The van der Waals surface area contributed by atoms with Crippen LogP contribution in [-0.2, 0) is 0 Å². The summed E-state index contributed by atoms with van der Waals surface area (Å²) >= 11 is 5.86. The van der Waals surface area contributed by atoms with Gasteiger partial charge in [-0.05, 0) is 42.5 Å². The van der Waals surface area contributed by atoms with Crippen LogP contribution < -0.4 is 14.8 Å². The van der Waals surface area contributed by atoms with E-state index in [4.69, 9.17) is 21.1 Å². The summed E-state index contributed by atoms with van der Waals surface area (Å²) in [6.07, 6.45) is 0. The van der Waals surface area contributed by atoms with Gasteiger partial charge in [-0.25, -0.2) is 0 Å². The lowest BCUT2D eigenvalue weighted by molar-refractivity contribution is 0.355. The lowest BCUT2D eigenvalue weighted by Crippen LogP contribution is -1.92. The molecule has 1 heterocycles. The van der Waals surface area contributed by atoms with Crippen LogP contribution in [0.4, 0.5) is 11.6 Å². The van der Waals surface area contributed by atoms with E-state index in [1.54, 1.807) is 26.4 Å². The van der Waals surface area contributed by atoms with Gasteiger partial charge in [-0.15, -0.1) is 5.10 Å². The van der Waals surface area contributed by atoms with Crippen molar-refractivity contribution in [1.29, 1.82) is 0 Å². The summed E-state index contributed by atoms with van der Waals surface area (Å²) in [4.78, 5) is 4.42. The highest BCUT2D eigenvalue weighted by Gasteiger charge is 2.10. The van der Waals surface area contributed by atoms with Crippen molar-refractivity contribution in [2.75, 3.05) is 19.5 Å². The largest absolute Gasteiger partial charge is 0.493 e. The molecule has 3 aromatic rings. The topological polar surface area (TPSA) is 72.1 Å². The molecule has 0 amide bonds. The first-order valence-electron chi connectivity index (χ1n) is 6.87. The second kappa shape index (κ2) is 6.58. The molecule has 0 saturated carbocycles. The molecule has 6 nitrogen and oxygen atoms in total. The van der Waals surface area contributed by atoms with E-state index in [0.29, 0.717) is 28.3 Å². The molecule has 0 fully saturated rings. The van der Waals surface area contributed by atoms with E-state index < -0.39 is 0 Å². The van der Waals surface area contributed by atoms with Crippen LogP contribution in [0.15, 0.2) is 42.5 Å². The van der Waals surface area contributed by atoms with Crippen molar-refractivity contribution in [2.45, 2.75) is 0 Å². The van der Waals surface area contributed by atoms with Crippen molar-refractivity contribution in [2.24, 2.45) is 0 Å². The molecule has 3 rings (SSSR count). The van der Waals surface area contributed by atoms with Gasteiger partial charge in [0.1, 0.15) is 0 Å². The third-order valence-corrected chi connectivity index (χ3v) is 3.49. The number of hydrogen-bond acceptors (Lipinski definition) is 5. The maximum Gasteiger partial charge on any atom is 0.246 e. The number of aromatic nitrogens is 3. The number of methoxy groups -OCH3 is 2. The minimum absolute atomic E-state index is 0.470. The van der Waals surface area contributed by atoms with E-state index >= 15 is 0 Å². The molecule has 0 radical (unpaired) electrons. The second-order valence-electron chi connectivity index (χ2n) is 4.71.